The predicted molar refractivity (Wildman–Crippen MR) is 252 cm³/mol. The molecule has 0 aromatic rings. The molecular formula is C46H106O14. The van der Waals surface area contributed by atoms with Crippen molar-refractivity contribution < 1.29 is 66.5 Å². The predicted octanol–water partition coefficient (Wildman–Crippen LogP) is 11.1. The average molecular weight is 883 g/mol. The lowest BCUT2D eigenvalue weighted by molar-refractivity contribution is -0.143. The molecule has 0 bridgehead atoms. The normalized spacial score (nSPS) is 8.82. The lowest BCUT2D eigenvalue weighted by atomic mass is 10.2. The molecule has 0 amide bonds. The lowest BCUT2D eigenvalue weighted by Crippen LogP contribution is -2.04. The monoisotopic (exact) mass is 883 g/mol. The van der Waals surface area contributed by atoms with Gasteiger partial charge in [0.1, 0.15) is 0 Å². The third kappa shape index (κ3) is 177. The average Bonchev–Trinajstić information content (AvgIpc) is 3.24. The van der Waals surface area contributed by atoms with Crippen LogP contribution in [0.25, 0.3) is 0 Å². The third-order valence-corrected chi connectivity index (χ3v) is 5.82. The molecule has 0 saturated carbocycles. The van der Waals surface area contributed by atoms with Crippen LogP contribution in [0.1, 0.15) is 174 Å². The van der Waals surface area contributed by atoms with Crippen LogP contribution in [-0.2, 0) is 66.5 Å². The number of ether oxygens (including phenoxy) is 10. The largest absolute Gasteiger partial charge is 0.469 e. The molecule has 0 radical (unpaired) electrons. The van der Waals surface area contributed by atoms with Crippen LogP contribution < -0.4 is 0 Å². The molecule has 0 aromatic carbocycles. The van der Waals surface area contributed by atoms with Gasteiger partial charge in [0.05, 0.1) is 34.0 Å². The number of carbonyl (C=O) groups is 4. The van der Waals surface area contributed by atoms with E-state index in [0.717, 1.165) is 52.3 Å². The van der Waals surface area contributed by atoms with E-state index in [1.165, 1.54) is 66.8 Å². The van der Waals surface area contributed by atoms with E-state index in [1.54, 1.807) is 56.5 Å². The van der Waals surface area contributed by atoms with Gasteiger partial charge < -0.3 is 47.4 Å². The summed E-state index contributed by atoms with van der Waals surface area (Å²) in [6.45, 7) is 28.7. The molecule has 0 aliphatic rings. The van der Waals surface area contributed by atoms with Gasteiger partial charge in [-0.05, 0) is 59.3 Å². The standard InChI is InChI=1S/C7H12O4.C6H14O.2C5H12O.2C4H8O2.2C4H10O.C3H8O.C3H8.CH4/c1-10-6(8)4-3-5-7(9)11-2;1-3-4-5-6-7-2;1-4-5(2)6-3;1-3-4-5-6-2;1-3-4(5)6-2;1-3-6-4(2)5;2*1-3-4-5-2;1-3-4-2;1-3-2;/h3-5H2,1-2H3;3-6H2,1-2H3;5H,4H2,1-3H3;3-5H2,1-2H3;2*3H2,1-2H3;2*3-4H2,1-2H3;3H2,1-2H3;3H2,1-2H3;1H4. The summed E-state index contributed by atoms with van der Waals surface area (Å²) in [6.07, 6.45) is 12.7. The lowest BCUT2D eigenvalue weighted by Gasteiger charge is -2.01. The van der Waals surface area contributed by atoms with Gasteiger partial charge in [0, 0.05) is 102 Å². The highest BCUT2D eigenvalue weighted by Gasteiger charge is 2.03. The van der Waals surface area contributed by atoms with Crippen LogP contribution in [0.3, 0.4) is 0 Å². The van der Waals surface area contributed by atoms with E-state index in [0.29, 0.717) is 25.6 Å². The molecule has 0 saturated heterocycles. The molecule has 1 atom stereocenters. The first kappa shape index (κ1) is 85.0. The van der Waals surface area contributed by atoms with E-state index in [-0.39, 0.29) is 44.1 Å². The third-order valence-electron chi connectivity index (χ3n) is 5.82. The zero-order valence-electron chi connectivity index (χ0n) is 42.7. The minimum Gasteiger partial charge on any atom is -0.469 e. The van der Waals surface area contributed by atoms with E-state index >= 15 is 0 Å². The number of methoxy groups -OCH3 is 9. The van der Waals surface area contributed by atoms with Gasteiger partial charge in [-0.15, -0.1) is 0 Å². The Kier molecular flexibility index (Phi) is 143. The van der Waals surface area contributed by atoms with Gasteiger partial charge in [-0.2, -0.15) is 0 Å². The van der Waals surface area contributed by atoms with E-state index in [9.17, 15) is 19.2 Å². The van der Waals surface area contributed by atoms with Gasteiger partial charge >= 0.3 is 23.9 Å². The molecule has 0 aromatic heterocycles. The van der Waals surface area contributed by atoms with Gasteiger partial charge in [0.2, 0.25) is 0 Å². The Hall–Kier alpha value is -2.36. The van der Waals surface area contributed by atoms with Gasteiger partial charge in [-0.1, -0.05) is 88.5 Å². The van der Waals surface area contributed by atoms with Gasteiger partial charge in [-0.25, -0.2) is 0 Å². The molecule has 0 aliphatic carbocycles. The van der Waals surface area contributed by atoms with E-state index < -0.39 is 0 Å². The maximum Gasteiger partial charge on any atom is 0.305 e. The van der Waals surface area contributed by atoms with Crippen LogP contribution in [0.5, 0.6) is 0 Å². The van der Waals surface area contributed by atoms with Crippen molar-refractivity contribution in [1.29, 1.82) is 0 Å². The number of carbonyl (C=O) groups excluding carboxylic acids is 4. The summed E-state index contributed by atoms with van der Waals surface area (Å²) in [7, 11) is 14.3. The Labute approximate surface area is 373 Å². The van der Waals surface area contributed by atoms with Crippen molar-refractivity contribution in [3.8, 4) is 0 Å². The molecule has 0 rings (SSSR count). The second-order valence-electron chi connectivity index (χ2n) is 11.6. The van der Waals surface area contributed by atoms with Crippen molar-refractivity contribution >= 4 is 23.9 Å². The number of esters is 4. The molecule has 14 nitrogen and oxygen atoms in total. The fraction of sp³-hybridized carbons (Fsp3) is 0.913. The maximum absolute atomic E-state index is 10.5. The molecule has 60 heavy (non-hydrogen) atoms. The van der Waals surface area contributed by atoms with Crippen LogP contribution in [0.15, 0.2) is 0 Å². The summed E-state index contributed by atoms with van der Waals surface area (Å²) in [4.78, 5) is 40.8. The van der Waals surface area contributed by atoms with Crippen molar-refractivity contribution in [3.63, 3.8) is 0 Å². The highest BCUT2D eigenvalue weighted by molar-refractivity contribution is 5.72. The number of hydrogen-bond donors (Lipinski definition) is 0. The van der Waals surface area contributed by atoms with Crippen molar-refractivity contribution in [2.24, 2.45) is 0 Å². The minimum atomic E-state index is -0.297. The van der Waals surface area contributed by atoms with E-state index in [4.69, 9.17) is 23.7 Å². The summed E-state index contributed by atoms with van der Waals surface area (Å²) in [5.74, 6) is -0.963. The fourth-order valence-corrected chi connectivity index (χ4v) is 2.29. The summed E-state index contributed by atoms with van der Waals surface area (Å²) >= 11 is 0. The van der Waals surface area contributed by atoms with Crippen LogP contribution in [0, 0.1) is 0 Å². The highest BCUT2D eigenvalue weighted by Crippen LogP contribution is 1.98. The highest BCUT2D eigenvalue weighted by atomic mass is 16.5. The zero-order chi connectivity index (χ0) is 48.4. The van der Waals surface area contributed by atoms with E-state index in [2.05, 4.69) is 79.1 Å². The van der Waals surface area contributed by atoms with Crippen LogP contribution >= 0.6 is 0 Å². The smallest absolute Gasteiger partial charge is 0.305 e. The molecule has 14 heteroatoms. The quantitative estimate of drug-likeness (QED) is 0.0645. The van der Waals surface area contributed by atoms with Crippen molar-refractivity contribution in [2.45, 2.75) is 180 Å². The maximum atomic E-state index is 10.5. The summed E-state index contributed by atoms with van der Waals surface area (Å²) in [6, 6.07) is 0. The Balaban J connectivity index is -0.0000000502. The van der Waals surface area contributed by atoms with Crippen molar-refractivity contribution in [2.75, 3.05) is 104 Å². The van der Waals surface area contributed by atoms with Gasteiger partial charge in [0.25, 0.3) is 0 Å². The minimum absolute atomic E-state index is 0. The fourth-order valence-electron chi connectivity index (χ4n) is 2.29. The Morgan fingerprint density at radius 2 is 0.800 bits per heavy atom. The zero-order valence-corrected chi connectivity index (χ0v) is 42.7. The first-order chi connectivity index (χ1) is 28.1. The number of unbranched alkanes of at least 4 members (excludes halogenated alkanes) is 3. The Morgan fingerprint density at radius 3 is 0.917 bits per heavy atom. The van der Waals surface area contributed by atoms with Crippen LogP contribution in [0.2, 0.25) is 0 Å². The van der Waals surface area contributed by atoms with Crippen LogP contribution in [-0.4, -0.2) is 134 Å². The molecular weight excluding hydrogens is 776 g/mol. The SMILES string of the molecule is C.CCC.CCC(=O)OC.CCC(C)OC.CCCCCOC.CCCCOC.CCCOC.CCCOC.CCOC.CCOC(C)=O.COC(=O)CCCC(=O)OC. The molecule has 0 N–H and O–H groups in total. The molecule has 374 valence electrons. The van der Waals surface area contributed by atoms with Gasteiger partial charge in [-0.3, -0.25) is 19.2 Å². The second kappa shape index (κ2) is 101. The molecule has 1 unspecified atom stereocenters. The number of hydrogen-bond acceptors (Lipinski definition) is 14. The first-order valence-electron chi connectivity index (χ1n) is 21.4. The molecule has 0 heterocycles. The van der Waals surface area contributed by atoms with Gasteiger partial charge in [0.15, 0.2) is 0 Å². The van der Waals surface area contributed by atoms with Crippen LogP contribution in [0.4, 0.5) is 0 Å². The Bertz CT molecular complexity index is 635. The molecule has 0 fully saturated rings. The topological polar surface area (TPSA) is 161 Å². The molecule has 0 spiro atoms. The van der Waals surface area contributed by atoms with E-state index in [1.807, 2.05) is 6.92 Å². The summed E-state index contributed by atoms with van der Waals surface area (Å²) in [5, 5.41) is 0. The number of rotatable bonds is 20. The van der Waals surface area contributed by atoms with Crippen molar-refractivity contribution in [3.05, 3.63) is 0 Å². The molecule has 0 aliphatic heterocycles. The Morgan fingerprint density at radius 1 is 0.450 bits per heavy atom. The first-order valence-corrected chi connectivity index (χ1v) is 21.4. The van der Waals surface area contributed by atoms with Crippen molar-refractivity contribution in [1.82, 2.24) is 0 Å². The summed E-state index contributed by atoms with van der Waals surface area (Å²) < 4.78 is 45.9. The summed E-state index contributed by atoms with van der Waals surface area (Å²) in [5.41, 5.74) is 0. The second-order valence-corrected chi connectivity index (χ2v) is 11.6.